The number of aliphatic hydroxyl groups is 3. The van der Waals surface area contributed by atoms with Gasteiger partial charge in [0.05, 0.1) is 0 Å². The number of rotatable bonds is 19. The number of nitrogens with two attached hydrogens (primary N) is 1. The van der Waals surface area contributed by atoms with Crippen molar-refractivity contribution in [1.29, 1.82) is 0 Å². The second kappa shape index (κ2) is 15.8. The van der Waals surface area contributed by atoms with E-state index in [-0.39, 0.29) is 18.8 Å². The first-order valence-corrected chi connectivity index (χ1v) is 15.9. The first-order chi connectivity index (χ1) is 18.7. The zero-order valence-corrected chi connectivity index (χ0v) is 23.6. The molecule has 1 aromatic rings. The van der Waals surface area contributed by atoms with Crippen molar-refractivity contribution in [3.8, 4) is 0 Å². The van der Waals surface area contributed by atoms with Gasteiger partial charge in [0, 0.05) is 19.2 Å². The predicted molar refractivity (Wildman–Crippen MR) is 137 cm³/mol. The zero-order chi connectivity index (χ0) is 30.0. The van der Waals surface area contributed by atoms with Gasteiger partial charge in [-0.15, -0.1) is 4.67 Å². The summed E-state index contributed by atoms with van der Waals surface area (Å²) in [7, 11) is -10.9. The molecule has 17 nitrogen and oxygen atoms in total. The third-order valence-electron chi connectivity index (χ3n) is 6.28. The highest BCUT2D eigenvalue weighted by atomic mass is 31.2. The van der Waals surface area contributed by atoms with E-state index >= 15 is 0 Å². The number of hydrogen-bond acceptors (Lipinski definition) is 12. The fraction of sp³-hybridized carbons (Fsp3) is 0.810. The molecule has 19 heteroatoms. The van der Waals surface area contributed by atoms with Crippen LogP contribution in [-0.2, 0) is 28.0 Å². The lowest BCUT2D eigenvalue weighted by Gasteiger charge is -2.37. The largest absolute Gasteiger partial charge is 0.497 e. The van der Waals surface area contributed by atoms with E-state index in [0.29, 0.717) is 12.8 Å². The minimum atomic E-state index is -5.50. The van der Waals surface area contributed by atoms with E-state index in [4.69, 9.17) is 25.0 Å². The molecule has 0 aromatic carbocycles. The number of hydrogen-bond donors (Lipinski definition) is 8. The number of unbranched alkanes of at least 4 members (excludes halogenated alkanes) is 9. The van der Waals surface area contributed by atoms with E-state index in [1.807, 2.05) is 0 Å². The Bertz CT molecular complexity index is 1070. The molecule has 1 aromatic heterocycles. The maximum absolute atomic E-state index is 12.3. The number of aliphatic hydroxyl groups excluding tert-OH is 3. The third-order valence-corrected chi connectivity index (χ3v) is 7.10. The van der Waals surface area contributed by atoms with Gasteiger partial charge in [-0.1, -0.05) is 51.4 Å². The summed E-state index contributed by atoms with van der Waals surface area (Å²) in [5.74, 6) is -2.97. The molecule has 40 heavy (non-hydrogen) atoms. The van der Waals surface area contributed by atoms with Crippen molar-refractivity contribution in [1.82, 2.24) is 9.55 Å². The Labute approximate surface area is 230 Å². The highest BCUT2D eigenvalue weighted by Crippen LogP contribution is 2.51. The molecule has 9 N–H and O–H groups in total. The van der Waals surface area contributed by atoms with Gasteiger partial charge in [-0.25, -0.2) is 18.4 Å². The number of nitrogen functional groups attached to an aromatic ring is 1. The van der Waals surface area contributed by atoms with Crippen LogP contribution in [0.1, 0.15) is 76.9 Å². The molecule has 2 rings (SSSR count). The molecule has 1 aliphatic heterocycles. The zero-order valence-electron chi connectivity index (χ0n) is 21.8. The summed E-state index contributed by atoms with van der Waals surface area (Å²) in [5, 5.41) is 30.2. The van der Waals surface area contributed by atoms with Gasteiger partial charge in [0.1, 0.15) is 24.1 Å². The molecule has 1 unspecified atom stereocenters. The fourth-order valence-corrected chi connectivity index (χ4v) is 5.28. The molecule has 1 fully saturated rings. The van der Waals surface area contributed by atoms with Crippen LogP contribution in [0, 0.1) is 0 Å². The molecule has 0 aliphatic carbocycles. The molecule has 1 saturated heterocycles. The normalized spacial score (nSPS) is 23.4. The van der Waals surface area contributed by atoms with Crippen LogP contribution in [0.2, 0.25) is 0 Å². The van der Waals surface area contributed by atoms with E-state index in [2.05, 4.69) is 9.66 Å². The Kier molecular flexibility index (Phi) is 13.8. The Balaban J connectivity index is 2.18. The molecule has 232 valence electrons. The Morgan fingerprint density at radius 3 is 1.98 bits per heavy atom. The SMILES string of the molecule is Nc1ccn([C@@H]2O[C@H](C(CCCCCCCCCCCCO)(OOP(=O)(O)O)OP(=O)(O)O)[C@@H](O)[C@H]2O)c(=O)n1. The highest BCUT2D eigenvalue weighted by Gasteiger charge is 2.59. The van der Waals surface area contributed by atoms with Crippen LogP contribution >= 0.6 is 15.6 Å². The molecule has 5 atom stereocenters. The average Bonchev–Trinajstić information content (AvgIpc) is 3.14. The summed E-state index contributed by atoms with van der Waals surface area (Å²) in [6.07, 6.45) is 0.797. The van der Waals surface area contributed by atoms with Crippen molar-refractivity contribution in [3.05, 3.63) is 22.7 Å². The number of nitrogens with zero attached hydrogens (tertiary/aromatic N) is 2. The molecule has 1 aliphatic rings. The van der Waals surface area contributed by atoms with Gasteiger partial charge in [0.15, 0.2) is 6.23 Å². The monoisotopic (exact) mass is 619 g/mol. The van der Waals surface area contributed by atoms with E-state index in [1.54, 1.807) is 0 Å². The highest BCUT2D eigenvalue weighted by molar-refractivity contribution is 7.46. The number of ether oxygens (including phenoxy) is 1. The quantitative estimate of drug-likeness (QED) is 0.0345. The van der Waals surface area contributed by atoms with Gasteiger partial charge in [-0.05, 0) is 18.9 Å². The minimum Gasteiger partial charge on any atom is -0.396 e. The van der Waals surface area contributed by atoms with E-state index in [1.165, 1.54) is 6.07 Å². The molecule has 2 heterocycles. The molecule has 0 amide bonds. The van der Waals surface area contributed by atoms with Crippen LogP contribution in [0.15, 0.2) is 17.1 Å². The second-order valence-electron chi connectivity index (χ2n) is 9.52. The third kappa shape index (κ3) is 11.2. The van der Waals surface area contributed by atoms with Crippen molar-refractivity contribution in [3.63, 3.8) is 0 Å². The van der Waals surface area contributed by atoms with Crippen LogP contribution < -0.4 is 11.4 Å². The standard InChI is InChI=1S/C21H39N3O14P2/c22-15-11-13-24(20(28)23-15)19-17(27)16(26)18(35-19)21(37-39(29,30)31,36-38-40(32,33)34)12-9-7-5-3-1-2-4-6-8-10-14-25/h11,13,16-19,25-27H,1-10,12,14H2,(H2,22,23,28)(H2,29,30,31)(H2,32,33,34)/t16-,17+,18-,19+,21?/m0/s1. The van der Waals surface area contributed by atoms with Crippen molar-refractivity contribution < 1.29 is 62.8 Å². The van der Waals surface area contributed by atoms with E-state index in [9.17, 15) is 43.7 Å². The summed E-state index contributed by atoms with van der Waals surface area (Å²) in [6.45, 7) is 0.176. The first-order valence-electron chi connectivity index (χ1n) is 12.9. The van der Waals surface area contributed by atoms with Crippen LogP contribution in [0.3, 0.4) is 0 Å². The number of phosphoric acid groups is 2. The summed E-state index contributed by atoms with van der Waals surface area (Å²) in [5.41, 5.74) is 4.48. The smallest absolute Gasteiger partial charge is 0.396 e. The fourth-order valence-electron chi connectivity index (χ4n) is 4.43. The van der Waals surface area contributed by atoms with E-state index in [0.717, 1.165) is 55.7 Å². The molecule has 0 radical (unpaired) electrons. The van der Waals surface area contributed by atoms with Crippen LogP contribution in [0.25, 0.3) is 0 Å². The molecule has 0 saturated carbocycles. The van der Waals surface area contributed by atoms with Gasteiger partial charge in [0.2, 0.25) is 5.79 Å². The van der Waals surface area contributed by atoms with Crippen LogP contribution in [-0.4, -0.2) is 75.2 Å². The molecular formula is C21H39N3O14P2. The molecular weight excluding hydrogens is 580 g/mol. The summed E-state index contributed by atoms with van der Waals surface area (Å²) in [6, 6.07) is 1.19. The summed E-state index contributed by atoms with van der Waals surface area (Å²) in [4.78, 5) is 58.1. The van der Waals surface area contributed by atoms with E-state index < -0.39 is 58.1 Å². The van der Waals surface area contributed by atoms with Gasteiger partial charge in [0.25, 0.3) is 0 Å². The lowest BCUT2D eigenvalue weighted by molar-refractivity contribution is -0.400. The van der Waals surface area contributed by atoms with Crippen molar-refractivity contribution >= 4 is 21.5 Å². The molecule has 0 spiro atoms. The first kappa shape index (κ1) is 34.9. The van der Waals surface area contributed by atoms with Crippen molar-refractivity contribution in [2.45, 2.75) is 101 Å². The average molecular weight is 619 g/mol. The summed E-state index contributed by atoms with van der Waals surface area (Å²) < 4.78 is 38.5. The number of anilines is 1. The molecule has 0 bridgehead atoms. The maximum atomic E-state index is 12.3. The topological polar surface area (TPSA) is 274 Å². The number of phosphoric ester groups is 1. The Morgan fingerprint density at radius 1 is 0.925 bits per heavy atom. The van der Waals surface area contributed by atoms with Crippen molar-refractivity contribution in [2.75, 3.05) is 12.3 Å². The van der Waals surface area contributed by atoms with Gasteiger partial charge in [-0.3, -0.25) is 4.57 Å². The van der Waals surface area contributed by atoms with Gasteiger partial charge in [-0.2, -0.15) is 9.87 Å². The second-order valence-corrected chi connectivity index (χ2v) is 11.8. The van der Waals surface area contributed by atoms with Crippen LogP contribution in [0.5, 0.6) is 0 Å². The number of aromatic nitrogens is 2. The Hall–Kier alpha value is -1.30. The van der Waals surface area contributed by atoms with Gasteiger partial charge < -0.3 is 45.4 Å². The van der Waals surface area contributed by atoms with Crippen molar-refractivity contribution in [2.24, 2.45) is 0 Å². The maximum Gasteiger partial charge on any atom is 0.497 e. The lowest BCUT2D eigenvalue weighted by Crippen LogP contribution is -2.52. The minimum absolute atomic E-state index is 0.109. The van der Waals surface area contributed by atoms with Crippen LogP contribution in [0.4, 0.5) is 5.82 Å². The predicted octanol–water partition coefficient (Wildman–Crippen LogP) is 0.575. The Morgan fingerprint density at radius 2 is 1.48 bits per heavy atom. The lowest BCUT2D eigenvalue weighted by atomic mass is 9.96. The summed E-state index contributed by atoms with van der Waals surface area (Å²) >= 11 is 0. The van der Waals surface area contributed by atoms with Gasteiger partial charge >= 0.3 is 21.3 Å².